The molecule has 2 bridgehead atoms. The lowest BCUT2D eigenvalue weighted by Crippen LogP contribution is -2.45. The van der Waals surface area contributed by atoms with Crippen LogP contribution in [0.2, 0.25) is 0 Å². The number of ether oxygens (including phenoxy) is 2. The molecule has 0 radical (unpaired) electrons. The molecule has 2 aromatic rings. The van der Waals surface area contributed by atoms with Crippen molar-refractivity contribution < 1.29 is 23.2 Å². The molecule has 4 aliphatic heterocycles. The molecule has 1 amide bonds. The Morgan fingerprint density at radius 2 is 2.03 bits per heavy atom. The maximum absolute atomic E-state index is 15.3. The number of halogens is 1. The Labute approximate surface area is 177 Å². The minimum atomic E-state index is -0.448. The van der Waals surface area contributed by atoms with Gasteiger partial charge in [0.15, 0.2) is 0 Å². The fourth-order valence-electron chi connectivity index (χ4n) is 5.16. The number of nitrogens with zero attached hydrogens (tertiary/aromatic N) is 3. The van der Waals surface area contributed by atoms with E-state index in [0.29, 0.717) is 48.7 Å². The van der Waals surface area contributed by atoms with Crippen molar-refractivity contribution in [1.82, 2.24) is 5.16 Å². The maximum Gasteiger partial charge on any atom is 0.415 e. The highest BCUT2D eigenvalue weighted by Gasteiger charge is 2.47. The van der Waals surface area contributed by atoms with E-state index in [1.807, 2.05) is 11.8 Å². The monoisotopic (exact) mass is 431 g/mol. The average Bonchev–Trinajstić information content (AvgIpc) is 3.43. The van der Waals surface area contributed by atoms with Crippen molar-refractivity contribution in [2.75, 3.05) is 27.9 Å². The molecule has 158 valence electrons. The van der Waals surface area contributed by atoms with Crippen LogP contribution >= 0.6 is 11.8 Å². The minimum absolute atomic E-state index is 0.273. The second-order valence-corrected chi connectivity index (χ2v) is 9.38. The van der Waals surface area contributed by atoms with Gasteiger partial charge in [0.2, 0.25) is 0 Å². The van der Waals surface area contributed by atoms with Gasteiger partial charge in [0.25, 0.3) is 0 Å². The summed E-state index contributed by atoms with van der Waals surface area (Å²) in [5.74, 6) is 2.30. The Morgan fingerprint density at radius 1 is 1.20 bits per heavy atom. The quantitative estimate of drug-likeness (QED) is 0.732. The Morgan fingerprint density at radius 3 is 2.80 bits per heavy atom. The molecule has 1 aromatic heterocycles. The summed E-state index contributed by atoms with van der Waals surface area (Å²) in [6.07, 6.45) is 4.18. The molecule has 3 saturated heterocycles. The van der Waals surface area contributed by atoms with Crippen molar-refractivity contribution in [3.05, 3.63) is 36.0 Å². The van der Waals surface area contributed by atoms with Crippen LogP contribution in [-0.2, 0) is 11.2 Å². The number of anilines is 2. The molecular weight excluding hydrogens is 409 g/mol. The number of hydrogen-bond donors (Lipinski definition) is 0. The third-order valence-electron chi connectivity index (χ3n) is 6.60. The first kappa shape index (κ1) is 18.4. The molecule has 7 nitrogen and oxygen atoms in total. The van der Waals surface area contributed by atoms with Crippen LogP contribution in [0.25, 0.3) is 0 Å². The van der Waals surface area contributed by atoms with Crippen LogP contribution in [0, 0.1) is 5.82 Å². The molecular formula is C21H22FN3O4S. The van der Waals surface area contributed by atoms with E-state index < -0.39 is 6.09 Å². The largest absolute Gasteiger partial charge is 0.489 e. The Bertz CT molecular complexity index is 955. The summed E-state index contributed by atoms with van der Waals surface area (Å²) in [6.45, 7) is 0.329. The topological polar surface area (TPSA) is 68.0 Å². The van der Waals surface area contributed by atoms with Gasteiger partial charge < -0.3 is 18.9 Å². The van der Waals surface area contributed by atoms with Gasteiger partial charge in [-0.25, -0.2) is 9.18 Å². The van der Waals surface area contributed by atoms with E-state index in [9.17, 15) is 4.79 Å². The van der Waals surface area contributed by atoms with Crippen LogP contribution < -0.4 is 14.5 Å². The first-order chi connectivity index (χ1) is 14.7. The van der Waals surface area contributed by atoms with Gasteiger partial charge in [-0.1, -0.05) is 5.16 Å². The van der Waals surface area contributed by atoms with E-state index in [2.05, 4.69) is 10.1 Å². The summed E-state index contributed by atoms with van der Waals surface area (Å²) < 4.78 is 31.7. The van der Waals surface area contributed by atoms with E-state index in [-0.39, 0.29) is 18.0 Å². The fourth-order valence-corrected chi connectivity index (χ4v) is 6.50. The van der Waals surface area contributed by atoms with Crippen LogP contribution in [0.4, 0.5) is 20.6 Å². The molecule has 30 heavy (non-hydrogen) atoms. The zero-order chi connectivity index (χ0) is 20.2. The summed E-state index contributed by atoms with van der Waals surface area (Å²) in [5.41, 5.74) is 1.86. The molecule has 1 aromatic carbocycles. The van der Waals surface area contributed by atoms with Crippen molar-refractivity contribution in [2.45, 2.75) is 49.9 Å². The predicted octanol–water partition coefficient (Wildman–Crippen LogP) is 3.62. The molecule has 9 heteroatoms. The first-order valence-corrected chi connectivity index (χ1v) is 11.6. The van der Waals surface area contributed by atoms with Crippen molar-refractivity contribution in [2.24, 2.45) is 0 Å². The zero-order valence-electron chi connectivity index (χ0n) is 16.3. The number of carbonyl (C=O) groups is 1. The molecule has 6 rings (SSSR count). The van der Waals surface area contributed by atoms with Gasteiger partial charge in [0.1, 0.15) is 36.6 Å². The van der Waals surface area contributed by atoms with Crippen LogP contribution in [0.5, 0.6) is 5.75 Å². The highest BCUT2D eigenvalue weighted by atomic mass is 32.2. The number of carbonyl (C=O) groups excluding carboxylic acids is 1. The Balaban J connectivity index is 1.27. The smallest absolute Gasteiger partial charge is 0.415 e. The molecule has 0 spiro atoms. The Hall–Kier alpha value is -2.42. The first-order valence-electron chi connectivity index (χ1n) is 10.4. The molecule has 4 atom stereocenters. The molecule has 0 aliphatic carbocycles. The molecule has 5 heterocycles. The average molecular weight is 431 g/mol. The van der Waals surface area contributed by atoms with E-state index in [4.69, 9.17) is 14.0 Å². The lowest BCUT2D eigenvalue weighted by Gasteiger charge is -2.38. The summed E-state index contributed by atoms with van der Waals surface area (Å²) in [4.78, 5) is 16.4. The SMILES string of the molecule is O=C1O[C@@H](CCc2ccon2)[C@@H]2COc3cc(N4C5CCC4CSC5)c(F)cc3N12. The molecule has 4 aliphatic rings. The second-order valence-electron chi connectivity index (χ2n) is 8.30. The van der Waals surface area contributed by atoms with Gasteiger partial charge in [0.05, 0.1) is 17.1 Å². The van der Waals surface area contributed by atoms with Crippen LogP contribution in [-0.4, -0.2) is 53.6 Å². The number of aryl methyl sites for hydroxylation is 1. The number of fused-ring (bicyclic) bond motifs is 5. The molecule has 0 N–H and O–H groups in total. The van der Waals surface area contributed by atoms with Crippen molar-refractivity contribution >= 4 is 29.2 Å². The third kappa shape index (κ3) is 2.85. The lowest BCUT2D eigenvalue weighted by atomic mass is 10.0. The van der Waals surface area contributed by atoms with E-state index in [0.717, 1.165) is 30.0 Å². The zero-order valence-corrected chi connectivity index (χ0v) is 17.1. The third-order valence-corrected chi connectivity index (χ3v) is 7.84. The van der Waals surface area contributed by atoms with Crippen molar-refractivity contribution in [1.29, 1.82) is 0 Å². The number of thioether (sulfide) groups is 1. The molecule has 3 fully saturated rings. The Kier molecular flexibility index (Phi) is 4.33. The van der Waals surface area contributed by atoms with E-state index >= 15 is 4.39 Å². The van der Waals surface area contributed by atoms with Gasteiger partial charge in [0, 0.05) is 41.8 Å². The van der Waals surface area contributed by atoms with Gasteiger partial charge in [-0.3, -0.25) is 4.90 Å². The number of amides is 1. The van der Waals surface area contributed by atoms with E-state index in [1.54, 1.807) is 17.0 Å². The number of aromatic nitrogens is 1. The summed E-state index contributed by atoms with van der Waals surface area (Å²) >= 11 is 1.95. The normalized spacial score (nSPS) is 29.4. The van der Waals surface area contributed by atoms with Crippen molar-refractivity contribution in [3.8, 4) is 5.75 Å². The maximum atomic E-state index is 15.3. The molecule has 2 unspecified atom stereocenters. The van der Waals surface area contributed by atoms with Crippen molar-refractivity contribution in [3.63, 3.8) is 0 Å². The highest BCUT2D eigenvalue weighted by molar-refractivity contribution is 7.99. The van der Waals surface area contributed by atoms with Gasteiger partial charge >= 0.3 is 6.09 Å². The van der Waals surface area contributed by atoms with Crippen LogP contribution in [0.1, 0.15) is 25.0 Å². The fraction of sp³-hybridized carbons (Fsp3) is 0.524. The number of rotatable bonds is 4. The minimum Gasteiger partial charge on any atom is -0.489 e. The predicted molar refractivity (Wildman–Crippen MR) is 110 cm³/mol. The van der Waals surface area contributed by atoms with Crippen LogP contribution in [0.15, 0.2) is 29.0 Å². The molecule has 0 saturated carbocycles. The lowest BCUT2D eigenvalue weighted by molar-refractivity contribution is 0.115. The summed E-state index contributed by atoms with van der Waals surface area (Å²) in [5, 5.41) is 3.90. The van der Waals surface area contributed by atoms with Gasteiger partial charge in [-0.2, -0.15) is 11.8 Å². The van der Waals surface area contributed by atoms with Crippen LogP contribution in [0.3, 0.4) is 0 Å². The highest BCUT2D eigenvalue weighted by Crippen LogP contribution is 2.46. The number of hydrogen-bond acceptors (Lipinski definition) is 7. The summed E-state index contributed by atoms with van der Waals surface area (Å²) in [7, 11) is 0. The van der Waals surface area contributed by atoms with E-state index in [1.165, 1.54) is 12.3 Å². The number of cyclic esters (lactones) is 1. The van der Waals surface area contributed by atoms with Gasteiger partial charge in [-0.15, -0.1) is 0 Å². The summed E-state index contributed by atoms with van der Waals surface area (Å²) in [6, 6.07) is 5.48. The second kappa shape index (κ2) is 7.08. The van der Waals surface area contributed by atoms with Gasteiger partial charge in [-0.05, 0) is 25.7 Å². The standard InChI is InChI=1S/C21H22FN3O4S/c22-15-7-17-20(8-16(15)24-13-2-3-14(24)11-30-10-13)27-9-18-19(29-21(26)25(17)18)4-1-12-5-6-28-23-12/h5-8,13-14,18-19H,1-4,9-11H2/t13?,14?,18-,19-/m0/s1. The number of benzene rings is 1.